The summed E-state index contributed by atoms with van der Waals surface area (Å²) in [5, 5.41) is 21.2. The second-order valence-corrected chi connectivity index (χ2v) is 12.4. The molecule has 1 aliphatic heterocycles. The van der Waals surface area contributed by atoms with Gasteiger partial charge >= 0.3 is 5.91 Å². The highest BCUT2D eigenvalue weighted by molar-refractivity contribution is 8.00. The summed E-state index contributed by atoms with van der Waals surface area (Å²) in [5.74, 6) is -0.745. The number of aliphatic hydroxyl groups is 1. The maximum absolute atomic E-state index is 13.5. The van der Waals surface area contributed by atoms with Gasteiger partial charge in [0.15, 0.2) is 4.34 Å². The van der Waals surface area contributed by atoms with Gasteiger partial charge in [0, 0.05) is 21.4 Å². The molecule has 4 aromatic rings. The monoisotopic (exact) mass is 625 g/mol. The lowest BCUT2D eigenvalue weighted by molar-refractivity contribution is -0.132. The van der Waals surface area contributed by atoms with Gasteiger partial charge in [-0.1, -0.05) is 101 Å². The zero-order valence-electron chi connectivity index (χ0n) is 22.1. The number of nitrogens with zero attached hydrogens (tertiary/aromatic N) is 3. The van der Waals surface area contributed by atoms with E-state index in [4.69, 9.17) is 27.9 Å². The molecular formula is C30H25Cl2N3O4S2. The molecule has 1 N–H and O–H groups in total. The highest BCUT2D eigenvalue weighted by Gasteiger charge is 2.48. The summed E-state index contributed by atoms with van der Waals surface area (Å²) in [6, 6.07) is 18.6. The maximum Gasteiger partial charge on any atom is 0.301 e. The molecule has 0 bridgehead atoms. The van der Waals surface area contributed by atoms with Crippen LogP contribution in [0.15, 0.2) is 76.6 Å². The molecule has 1 aromatic heterocycles. The Kier molecular flexibility index (Phi) is 8.99. The normalized spacial score (nSPS) is 16.4. The topological polar surface area (TPSA) is 92.6 Å². The highest BCUT2D eigenvalue weighted by atomic mass is 35.5. The summed E-state index contributed by atoms with van der Waals surface area (Å²) in [7, 11) is 0. The fraction of sp³-hybridized carbons (Fsp3) is 0.200. The Labute approximate surface area is 255 Å². The fourth-order valence-electron chi connectivity index (χ4n) is 4.34. The lowest BCUT2D eigenvalue weighted by Gasteiger charge is -2.23. The predicted molar refractivity (Wildman–Crippen MR) is 164 cm³/mol. The number of benzene rings is 3. The highest BCUT2D eigenvalue weighted by Crippen LogP contribution is 2.44. The quantitative estimate of drug-likeness (QED) is 0.0665. The van der Waals surface area contributed by atoms with Crippen molar-refractivity contribution >= 4 is 68.9 Å². The molecular weight excluding hydrogens is 601 g/mol. The number of anilines is 1. The average Bonchev–Trinajstić information content (AvgIpc) is 3.53. The third-order valence-electron chi connectivity index (χ3n) is 6.38. The number of Topliss-reactive ketones (excluding diaryl/α,β-unsaturated/α-hetero) is 1. The van der Waals surface area contributed by atoms with Crippen molar-refractivity contribution in [3.05, 3.63) is 105 Å². The molecule has 1 saturated heterocycles. The Balaban J connectivity index is 1.54. The van der Waals surface area contributed by atoms with Crippen LogP contribution in [0, 0.1) is 6.92 Å². The number of amides is 1. The van der Waals surface area contributed by atoms with Crippen LogP contribution in [0.1, 0.15) is 41.6 Å². The number of aryl methyl sites for hydroxylation is 1. The van der Waals surface area contributed by atoms with Crippen molar-refractivity contribution < 1.29 is 19.4 Å². The van der Waals surface area contributed by atoms with Gasteiger partial charge in [0.05, 0.1) is 18.2 Å². The molecule has 41 heavy (non-hydrogen) atoms. The molecule has 0 radical (unpaired) electrons. The number of aromatic nitrogens is 2. The fourth-order valence-corrected chi connectivity index (χ4v) is 6.77. The molecule has 2 heterocycles. The number of hydrogen-bond donors (Lipinski definition) is 1. The Morgan fingerprint density at radius 1 is 1.07 bits per heavy atom. The molecule has 1 aliphatic rings. The minimum Gasteiger partial charge on any atom is -0.507 e. The summed E-state index contributed by atoms with van der Waals surface area (Å²) in [4.78, 5) is 28.3. The molecule has 1 unspecified atom stereocenters. The van der Waals surface area contributed by atoms with Gasteiger partial charge in [-0.25, -0.2) is 0 Å². The van der Waals surface area contributed by atoms with Crippen molar-refractivity contribution in [1.82, 2.24) is 10.2 Å². The largest absolute Gasteiger partial charge is 0.507 e. The SMILES string of the molecule is CCCOc1cccc(C2C(=C(O)c3ccc(C)cc3)C(=O)C(=O)N2c2nnc(SCc3ccc(Cl)cc3Cl)s2)c1. The van der Waals surface area contributed by atoms with Crippen molar-refractivity contribution in [2.45, 2.75) is 36.4 Å². The van der Waals surface area contributed by atoms with Crippen LogP contribution in [0.5, 0.6) is 5.75 Å². The first kappa shape index (κ1) is 29.1. The molecule has 5 rings (SSSR count). The number of halogens is 2. The second-order valence-electron chi connectivity index (χ2n) is 9.33. The summed E-state index contributed by atoms with van der Waals surface area (Å²) < 4.78 is 6.41. The van der Waals surface area contributed by atoms with Gasteiger partial charge in [-0.05, 0) is 48.7 Å². The van der Waals surface area contributed by atoms with Gasteiger partial charge in [-0.15, -0.1) is 10.2 Å². The number of rotatable bonds is 9. The van der Waals surface area contributed by atoms with Crippen LogP contribution in [0.3, 0.4) is 0 Å². The van der Waals surface area contributed by atoms with Crippen LogP contribution in [-0.2, 0) is 15.3 Å². The van der Waals surface area contributed by atoms with Crippen molar-refractivity contribution in [1.29, 1.82) is 0 Å². The third-order valence-corrected chi connectivity index (χ3v) is 9.08. The van der Waals surface area contributed by atoms with E-state index in [2.05, 4.69) is 10.2 Å². The van der Waals surface area contributed by atoms with Crippen LogP contribution in [-0.4, -0.2) is 33.6 Å². The number of aliphatic hydroxyl groups excluding tert-OH is 1. The van der Waals surface area contributed by atoms with Crippen molar-refractivity contribution in [3.8, 4) is 5.75 Å². The van der Waals surface area contributed by atoms with Gasteiger partial charge in [0.1, 0.15) is 11.5 Å². The van der Waals surface area contributed by atoms with Gasteiger partial charge in [-0.2, -0.15) is 0 Å². The maximum atomic E-state index is 13.5. The zero-order chi connectivity index (χ0) is 29.1. The predicted octanol–water partition coefficient (Wildman–Crippen LogP) is 7.86. The van der Waals surface area contributed by atoms with Crippen molar-refractivity contribution in [3.63, 3.8) is 0 Å². The van der Waals surface area contributed by atoms with E-state index in [0.717, 1.165) is 17.5 Å². The third kappa shape index (κ3) is 6.28. The first-order valence-electron chi connectivity index (χ1n) is 12.8. The number of thioether (sulfide) groups is 1. The second kappa shape index (κ2) is 12.7. The Morgan fingerprint density at radius 3 is 2.59 bits per heavy atom. The number of carbonyl (C=O) groups excluding carboxylic acids is 2. The summed E-state index contributed by atoms with van der Waals surface area (Å²) >= 11 is 14.9. The van der Waals surface area contributed by atoms with E-state index in [0.29, 0.717) is 43.6 Å². The first-order chi connectivity index (χ1) is 19.8. The van der Waals surface area contributed by atoms with Crippen molar-refractivity contribution in [2.75, 3.05) is 11.5 Å². The van der Waals surface area contributed by atoms with E-state index in [-0.39, 0.29) is 16.5 Å². The Morgan fingerprint density at radius 2 is 1.85 bits per heavy atom. The van der Waals surface area contributed by atoms with Gasteiger partial charge in [0.2, 0.25) is 5.13 Å². The first-order valence-corrected chi connectivity index (χ1v) is 15.3. The molecule has 210 valence electrons. The average molecular weight is 627 g/mol. The van der Waals surface area contributed by atoms with Crippen LogP contribution < -0.4 is 9.64 Å². The van der Waals surface area contributed by atoms with Crippen LogP contribution >= 0.6 is 46.3 Å². The van der Waals surface area contributed by atoms with Gasteiger partial charge in [-0.3, -0.25) is 14.5 Å². The summed E-state index contributed by atoms with van der Waals surface area (Å²) in [5.41, 5.74) is 2.89. The molecule has 0 spiro atoms. The van der Waals surface area contributed by atoms with Gasteiger partial charge in [0.25, 0.3) is 5.78 Å². The van der Waals surface area contributed by atoms with Crippen LogP contribution in [0.25, 0.3) is 5.76 Å². The molecule has 1 fully saturated rings. The zero-order valence-corrected chi connectivity index (χ0v) is 25.3. The van der Waals surface area contributed by atoms with E-state index >= 15 is 0 Å². The van der Waals surface area contributed by atoms with Crippen molar-refractivity contribution in [2.24, 2.45) is 0 Å². The van der Waals surface area contributed by atoms with E-state index in [1.165, 1.54) is 28.0 Å². The minimum atomic E-state index is -0.932. The van der Waals surface area contributed by atoms with Gasteiger partial charge < -0.3 is 9.84 Å². The van der Waals surface area contributed by atoms with E-state index in [9.17, 15) is 14.7 Å². The molecule has 1 atom stereocenters. The van der Waals surface area contributed by atoms with Crippen LogP contribution in [0.2, 0.25) is 10.0 Å². The van der Waals surface area contributed by atoms with E-state index in [1.54, 1.807) is 42.5 Å². The lowest BCUT2D eigenvalue weighted by atomic mass is 9.95. The number of ether oxygens (including phenoxy) is 1. The molecule has 0 saturated carbocycles. The van der Waals surface area contributed by atoms with Crippen LogP contribution in [0.4, 0.5) is 5.13 Å². The number of carbonyl (C=O) groups is 2. The van der Waals surface area contributed by atoms with E-state index < -0.39 is 17.7 Å². The number of hydrogen-bond acceptors (Lipinski definition) is 8. The summed E-state index contributed by atoms with van der Waals surface area (Å²) in [6.07, 6.45) is 0.822. The molecule has 0 aliphatic carbocycles. The summed E-state index contributed by atoms with van der Waals surface area (Å²) in [6.45, 7) is 4.45. The molecule has 1 amide bonds. The lowest BCUT2D eigenvalue weighted by Crippen LogP contribution is -2.29. The number of ketones is 1. The minimum absolute atomic E-state index is 0.0242. The molecule has 3 aromatic carbocycles. The molecule has 11 heteroatoms. The Hall–Kier alpha value is -3.37. The molecule has 7 nitrogen and oxygen atoms in total. The van der Waals surface area contributed by atoms with E-state index in [1.807, 2.05) is 38.1 Å². The Bertz CT molecular complexity index is 1640. The smallest absolute Gasteiger partial charge is 0.301 e. The standard InChI is InChI=1S/C30H25Cl2N3O4S2/c1-3-13-39-22-6-4-5-19(14-22)25-24(26(36)18-9-7-17(2)8-10-18)27(37)28(38)35(25)29-33-34-30(41-29)40-16-20-11-12-21(31)15-23(20)32/h4-12,14-15,25,36H,3,13,16H2,1-2H3.